The van der Waals surface area contributed by atoms with Crippen LogP contribution in [0.1, 0.15) is 0 Å². The number of hydrogen-bond donors (Lipinski definition) is 1. The predicted molar refractivity (Wildman–Crippen MR) is 43.2 cm³/mol. The van der Waals surface area contributed by atoms with Gasteiger partial charge in [0.1, 0.15) is 0 Å². The molecule has 0 unspecified atom stereocenters. The zero-order chi connectivity index (χ0) is 12.0. The van der Waals surface area contributed by atoms with Crippen LogP contribution in [0.25, 0.3) is 0 Å². The maximum atomic E-state index is 12.6. The van der Waals surface area contributed by atoms with E-state index < -0.39 is 44.1 Å². The zero-order valence-corrected chi connectivity index (χ0v) is 7.38. The van der Waals surface area contributed by atoms with Gasteiger partial charge in [0.15, 0.2) is 28.2 Å². The Labute approximate surface area is 98.2 Å². The second kappa shape index (κ2) is 4.71. The summed E-state index contributed by atoms with van der Waals surface area (Å²) in [5.74, 6) is -12.6. The molecule has 10 heteroatoms. The Hall–Kier alpha value is -0.623. The number of rotatable bonds is 1. The van der Waals surface area contributed by atoms with Gasteiger partial charge in [-0.2, -0.15) is 8.42 Å². The van der Waals surface area contributed by atoms with E-state index in [0.29, 0.717) is 0 Å². The first-order valence-electron chi connectivity index (χ1n) is 3.16. The molecule has 0 radical (unpaired) electrons. The minimum atomic E-state index is -5.52. The van der Waals surface area contributed by atoms with E-state index in [1.807, 2.05) is 0 Å². The molecule has 0 heterocycles. The second-order valence-corrected chi connectivity index (χ2v) is 3.73. The van der Waals surface area contributed by atoms with Crippen molar-refractivity contribution in [3.8, 4) is 0 Å². The molecule has 0 bridgehead atoms. The Morgan fingerprint density at radius 2 is 1.00 bits per heavy atom. The Morgan fingerprint density at radius 3 is 1.25 bits per heavy atom. The molecule has 1 aromatic carbocycles. The van der Waals surface area contributed by atoms with Gasteiger partial charge >= 0.3 is 29.0 Å². The van der Waals surface area contributed by atoms with Crippen LogP contribution in [0.15, 0.2) is 4.90 Å². The normalized spacial score (nSPS) is 11.1. The molecule has 0 spiro atoms. The fourth-order valence-corrected chi connectivity index (χ4v) is 1.44. The quantitative estimate of drug-likeness (QED) is 0.268. The van der Waals surface area contributed by atoms with Crippen LogP contribution in [0.4, 0.5) is 22.0 Å². The molecule has 1 rings (SSSR count). The molecule has 0 saturated carbocycles. The first-order chi connectivity index (χ1) is 6.68. The van der Waals surface area contributed by atoms with Crippen LogP contribution in [-0.4, -0.2) is 31.8 Å². The van der Waals surface area contributed by atoms with E-state index in [2.05, 4.69) is 0 Å². The van der Waals surface area contributed by atoms with Crippen molar-refractivity contribution in [3.05, 3.63) is 29.1 Å². The molecule has 0 aliphatic carbocycles. The van der Waals surface area contributed by atoms with E-state index >= 15 is 0 Å². The first kappa shape index (κ1) is 15.4. The van der Waals surface area contributed by atoms with Crippen molar-refractivity contribution >= 4 is 29.0 Å². The second-order valence-electron chi connectivity index (χ2n) is 2.37. The van der Waals surface area contributed by atoms with E-state index in [0.717, 1.165) is 0 Å². The summed E-state index contributed by atoms with van der Waals surface area (Å²) in [5, 5.41) is 0. The third-order valence-electron chi connectivity index (χ3n) is 1.43. The van der Waals surface area contributed by atoms with Gasteiger partial charge in [0.2, 0.25) is 5.82 Å². The molecule has 16 heavy (non-hydrogen) atoms. The van der Waals surface area contributed by atoms with Gasteiger partial charge in [-0.25, -0.2) is 22.0 Å². The Balaban J connectivity index is 0.00000225. The molecule has 0 saturated heterocycles. The van der Waals surface area contributed by atoms with E-state index in [9.17, 15) is 30.4 Å². The molecule has 0 fully saturated rings. The van der Waals surface area contributed by atoms with Gasteiger partial charge in [-0.15, -0.1) is 0 Å². The summed E-state index contributed by atoms with van der Waals surface area (Å²) in [6.07, 6.45) is 0. The van der Waals surface area contributed by atoms with Gasteiger partial charge in [0.25, 0.3) is 0 Å². The van der Waals surface area contributed by atoms with Crippen molar-refractivity contribution in [2.24, 2.45) is 0 Å². The van der Waals surface area contributed by atoms with Crippen molar-refractivity contribution in [2.45, 2.75) is 4.90 Å². The summed E-state index contributed by atoms with van der Waals surface area (Å²) in [6, 6.07) is 0. The number of benzene rings is 1. The van der Waals surface area contributed by atoms with Crippen LogP contribution in [0.2, 0.25) is 0 Å². The average molecular weight is 256 g/mol. The van der Waals surface area contributed by atoms with E-state index in [1.54, 1.807) is 0 Å². The fraction of sp³-hybridized carbons (Fsp3) is 0. The van der Waals surface area contributed by atoms with Gasteiger partial charge in [0, 0.05) is 0 Å². The topological polar surface area (TPSA) is 54.4 Å². The molecule has 1 N–H and O–H groups in total. The number of halogens is 5. The Kier molecular flexibility index (Phi) is 4.52. The van der Waals surface area contributed by atoms with Gasteiger partial charge < -0.3 is 0 Å². The molecule has 1 aromatic rings. The van der Waals surface area contributed by atoms with Crippen molar-refractivity contribution in [2.75, 3.05) is 0 Å². The van der Waals surface area contributed by atoms with Crippen LogP contribution in [0.3, 0.4) is 0 Å². The van der Waals surface area contributed by atoms with E-state index in [4.69, 9.17) is 4.55 Å². The third-order valence-corrected chi connectivity index (χ3v) is 2.30. The maximum absolute atomic E-state index is 12.6. The van der Waals surface area contributed by atoms with Gasteiger partial charge in [-0.1, -0.05) is 0 Å². The van der Waals surface area contributed by atoms with Crippen LogP contribution in [0.5, 0.6) is 0 Å². The average Bonchev–Trinajstić information content (AvgIpc) is 2.09. The fourth-order valence-electron chi connectivity index (χ4n) is 0.811. The third kappa shape index (κ3) is 2.37. The predicted octanol–water partition coefficient (Wildman–Crippen LogP) is 0.980. The van der Waals surface area contributed by atoms with Crippen LogP contribution < -0.4 is 0 Å². The Bertz CT molecular complexity index is 500. The molecular weight excluding hydrogens is 254 g/mol. The Morgan fingerprint density at radius 1 is 0.750 bits per heavy atom. The number of hydrogen-bond acceptors (Lipinski definition) is 2. The monoisotopic (exact) mass is 256 g/mol. The molecule has 0 aliphatic rings. The SMILES string of the molecule is O=S(=O)(O)c1c(F)c(F)c(F)c(F)c1F.[LiH]. The van der Waals surface area contributed by atoms with Gasteiger partial charge in [0.05, 0.1) is 0 Å². The summed E-state index contributed by atoms with van der Waals surface area (Å²) >= 11 is 0. The van der Waals surface area contributed by atoms with Gasteiger partial charge in [-0.3, -0.25) is 4.55 Å². The summed E-state index contributed by atoms with van der Waals surface area (Å²) in [6.45, 7) is 0. The van der Waals surface area contributed by atoms with Crippen LogP contribution in [-0.2, 0) is 10.1 Å². The molecule has 0 atom stereocenters. The molecular formula is C6H2F5LiO3S. The summed E-state index contributed by atoms with van der Waals surface area (Å²) in [4.78, 5) is -2.26. The summed E-state index contributed by atoms with van der Waals surface area (Å²) in [7, 11) is -5.52. The molecule has 3 nitrogen and oxygen atoms in total. The van der Waals surface area contributed by atoms with Gasteiger partial charge in [-0.05, 0) is 0 Å². The van der Waals surface area contributed by atoms with Crippen LogP contribution in [0, 0.1) is 29.1 Å². The van der Waals surface area contributed by atoms with Crippen molar-refractivity contribution in [3.63, 3.8) is 0 Å². The summed E-state index contributed by atoms with van der Waals surface area (Å²) < 4.78 is 91.3. The molecule has 0 aromatic heterocycles. The van der Waals surface area contributed by atoms with Crippen molar-refractivity contribution in [1.29, 1.82) is 0 Å². The van der Waals surface area contributed by atoms with Crippen molar-refractivity contribution in [1.82, 2.24) is 0 Å². The molecule has 0 amide bonds. The minimum absolute atomic E-state index is 0. The van der Waals surface area contributed by atoms with E-state index in [1.165, 1.54) is 0 Å². The molecule has 0 aliphatic heterocycles. The first-order valence-corrected chi connectivity index (χ1v) is 4.61. The van der Waals surface area contributed by atoms with Crippen molar-refractivity contribution < 1.29 is 34.9 Å². The summed E-state index contributed by atoms with van der Waals surface area (Å²) in [5.41, 5.74) is 0. The van der Waals surface area contributed by atoms with E-state index in [-0.39, 0.29) is 18.9 Å². The van der Waals surface area contributed by atoms with Crippen LogP contribution >= 0.6 is 0 Å². The molecule has 86 valence electrons. The zero-order valence-electron chi connectivity index (χ0n) is 6.56. The standard InChI is InChI=1S/C6HF5O3S.Li.H/c7-1-2(8)4(10)6(15(12,13)14)5(11)3(1)9;;/h(H,12,13,14);;.